The van der Waals surface area contributed by atoms with Crippen molar-refractivity contribution in [2.45, 2.75) is 71.3 Å². The van der Waals surface area contributed by atoms with Crippen molar-refractivity contribution in [3.05, 3.63) is 0 Å². The Kier molecular flexibility index (Phi) is 19.2. The second-order valence-corrected chi connectivity index (χ2v) is 5.98. The predicted octanol–water partition coefficient (Wildman–Crippen LogP) is -2.32. The van der Waals surface area contributed by atoms with Gasteiger partial charge in [0, 0.05) is 32.1 Å². The minimum absolute atomic E-state index is 0. The first kappa shape index (κ1) is 26.1. The van der Waals surface area contributed by atoms with Gasteiger partial charge in [-0.1, -0.05) is 45.4 Å². The topological polar surface area (TPSA) is 92.7 Å². The van der Waals surface area contributed by atoms with E-state index in [2.05, 4.69) is 12.2 Å². The number of nitrogens with zero attached hydrogens (tertiary/aromatic N) is 1. The monoisotopic (exact) mass is 352 g/mol. The van der Waals surface area contributed by atoms with Gasteiger partial charge in [0.15, 0.2) is 0 Å². The van der Waals surface area contributed by atoms with Gasteiger partial charge in [0.1, 0.15) is 0 Å². The van der Waals surface area contributed by atoms with Gasteiger partial charge in [-0.05, 0) is 13.3 Å². The molecule has 0 saturated carbocycles. The van der Waals surface area contributed by atoms with Crippen LogP contribution in [0, 0.1) is 0 Å². The van der Waals surface area contributed by atoms with E-state index in [1.807, 2.05) is 0 Å². The van der Waals surface area contributed by atoms with Crippen molar-refractivity contribution in [1.82, 2.24) is 10.2 Å². The molecule has 0 aromatic rings. The van der Waals surface area contributed by atoms with E-state index < -0.39 is 12.0 Å². The summed E-state index contributed by atoms with van der Waals surface area (Å²) in [6.45, 7) is 4.61. The van der Waals surface area contributed by atoms with Gasteiger partial charge in [0.25, 0.3) is 0 Å². The molecule has 136 valence electrons. The molecule has 6 nitrogen and oxygen atoms in total. The Hall–Kier alpha value is -0.140. The number of hydrogen-bond donors (Lipinski definition) is 2. The quantitative estimate of drug-likeness (QED) is 0.255. The summed E-state index contributed by atoms with van der Waals surface area (Å²) in [6.07, 6.45) is 8.72. The number of amides is 1. The first-order valence-corrected chi connectivity index (χ1v) is 8.85. The van der Waals surface area contributed by atoms with Crippen LogP contribution in [0.4, 0.5) is 0 Å². The molecule has 0 saturated heterocycles. The molecular weight excluding hydrogens is 319 g/mol. The summed E-state index contributed by atoms with van der Waals surface area (Å²) in [4.78, 5) is 24.2. The van der Waals surface area contributed by atoms with E-state index in [1.54, 1.807) is 4.90 Å². The second-order valence-electron chi connectivity index (χ2n) is 5.98. The average molecular weight is 352 g/mol. The maximum Gasteiger partial charge on any atom is 1.00 e. The summed E-state index contributed by atoms with van der Waals surface area (Å²) in [6, 6.07) is -0.776. The van der Waals surface area contributed by atoms with Gasteiger partial charge < -0.3 is 20.3 Å². The molecule has 0 spiro atoms. The molecule has 0 radical (unpaired) electrons. The molecule has 7 heteroatoms. The molecule has 0 aromatic carbocycles. The smallest absolute Gasteiger partial charge is 0.548 e. The first-order valence-electron chi connectivity index (χ1n) is 8.85. The van der Waals surface area contributed by atoms with Gasteiger partial charge in [-0.2, -0.15) is 0 Å². The summed E-state index contributed by atoms with van der Waals surface area (Å²) in [5, 5.41) is 22.6. The molecule has 0 aliphatic heterocycles. The second kappa shape index (κ2) is 17.7. The van der Waals surface area contributed by atoms with Crippen LogP contribution in [0.3, 0.4) is 0 Å². The molecule has 0 fully saturated rings. The maximum atomic E-state index is 11.7. The molecule has 2 N–H and O–H groups in total. The number of rotatable bonds is 15. The summed E-state index contributed by atoms with van der Waals surface area (Å²) < 4.78 is 0. The van der Waals surface area contributed by atoms with E-state index in [9.17, 15) is 14.7 Å². The summed E-state index contributed by atoms with van der Waals surface area (Å²) in [5.74, 6) is -1.17. The van der Waals surface area contributed by atoms with Crippen molar-refractivity contribution >= 4 is 11.9 Å². The number of aliphatic carboxylic acids is 1. The zero-order valence-electron chi connectivity index (χ0n) is 15.7. The van der Waals surface area contributed by atoms with Crippen LogP contribution in [-0.4, -0.2) is 54.2 Å². The van der Waals surface area contributed by atoms with Crippen molar-refractivity contribution in [3.63, 3.8) is 0 Å². The van der Waals surface area contributed by atoms with Crippen molar-refractivity contribution in [2.75, 3.05) is 26.2 Å². The molecule has 0 aliphatic carbocycles. The van der Waals surface area contributed by atoms with E-state index in [4.69, 9.17) is 5.11 Å². The third kappa shape index (κ3) is 14.2. The first-order chi connectivity index (χ1) is 11.0. The van der Waals surface area contributed by atoms with E-state index in [1.165, 1.54) is 39.0 Å². The minimum Gasteiger partial charge on any atom is -0.548 e. The van der Waals surface area contributed by atoms with Gasteiger partial charge in [-0.25, -0.2) is 0 Å². The standard InChI is InChI=1S/C17H34N2O4.Na/c1-3-4-5-6-7-8-9-10-16(21)18-11-12-19(13-14-20)15(2)17(22)23;/h15,20H,3-14H2,1-2H3,(H,18,21)(H,22,23);/q;+1/p-1. The number of carboxylic acids is 1. The Morgan fingerprint density at radius 2 is 1.67 bits per heavy atom. The molecule has 1 atom stereocenters. The van der Waals surface area contributed by atoms with Crippen LogP contribution in [0.1, 0.15) is 65.2 Å². The Morgan fingerprint density at radius 3 is 2.21 bits per heavy atom. The van der Waals surface area contributed by atoms with E-state index in [0.717, 1.165) is 12.8 Å². The fraction of sp³-hybridized carbons (Fsp3) is 0.882. The summed E-state index contributed by atoms with van der Waals surface area (Å²) in [7, 11) is 0. The van der Waals surface area contributed by atoms with Crippen LogP contribution in [0.25, 0.3) is 0 Å². The largest absolute Gasteiger partial charge is 1.00 e. The van der Waals surface area contributed by atoms with Crippen LogP contribution in [0.15, 0.2) is 0 Å². The molecule has 0 rings (SSSR count). The number of carbonyl (C=O) groups excluding carboxylic acids is 2. The SMILES string of the molecule is CCCCCCCCCC(=O)NCCN(CCO)C(C)C(=O)[O-].[Na+]. The van der Waals surface area contributed by atoms with Crippen LogP contribution >= 0.6 is 0 Å². The number of carbonyl (C=O) groups is 2. The van der Waals surface area contributed by atoms with E-state index in [-0.39, 0.29) is 48.6 Å². The molecule has 24 heavy (non-hydrogen) atoms. The van der Waals surface area contributed by atoms with Crippen molar-refractivity contribution < 1.29 is 49.4 Å². The van der Waals surface area contributed by atoms with Crippen LogP contribution < -0.4 is 40.0 Å². The molecule has 0 bridgehead atoms. The summed E-state index contributed by atoms with van der Waals surface area (Å²) >= 11 is 0. The minimum atomic E-state index is -1.17. The summed E-state index contributed by atoms with van der Waals surface area (Å²) in [5.41, 5.74) is 0. The predicted molar refractivity (Wildman–Crippen MR) is 88.7 cm³/mol. The van der Waals surface area contributed by atoms with Crippen LogP contribution in [-0.2, 0) is 9.59 Å². The normalized spacial score (nSPS) is 11.8. The fourth-order valence-electron chi connectivity index (χ4n) is 2.45. The van der Waals surface area contributed by atoms with Crippen LogP contribution in [0.2, 0.25) is 0 Å². The Morgan fingerprint density at radius 1 is 1.08 bits per heavy atom. The maximum absolute atomic E-state index is 11.7. The van der Waals surface area contributed by atoms with Crippen molar-refractivity contribution in [1.29, 1.82) is 0 Å². The number of nitrogens with one attached hydrogen (secondary N) is 1. The Labute approximate surface area is 168 Å². The molecule has 1 amide bonds. The molecular formula is C17H33N2NaO4. The molecule has 0 aromatic heterocycles. The molecule has 1 unspecified atom stereocenters. The number of hydrogen-bond acceptors (Lipinski definition) is 5. The number of unbranched alkanes of at least 4 members (excludes halogenated alkanes) is 6. The zero-order valence-corrected chi connectivity index (χ0v) is 17.7. The van der Waals surface area contributed by atoms with Crippen LogP contribution in [0.5, 0.6) is 0 Å². The number of carboxylic acid groups (broad SMARTS) is 1. The number of aliphatic hydroxyl groups is 1. The Bertz CT molecular complexity index is 330. The molecule has 0 aliphatic rings. The van der Waals surface area contributed by atoms with Gasteiger partial charge in [0.2, 0.25) is 5.91 Å². The van der Waals surface area contributed by atoms with Gasteiger partial charge in [0.05, 0.1) is 12.6 Å². The van der Waals surface area contributed by atoms with E-state index in [0.29, 0.717) is 19.5 Å². The zero-order chi connectivity index (χ0) is 17.5. The van der Waals surface area contributed by atoms with Crippen molar-refractivity contribution in [2.24, 2.45) is 0 Å². The fourth-order valence-corrected chi connectivity index (χ4v) is 2.45. The third-order valence-corrected chi connectivity index (χ3v) is 4.00. The molecule has 0 heterocycles. The van der Waals surface area contributed by atoms with Crippen molar-refractivity contribution in [3.8, 4) is 0 Å². The van der Waals surface area contributed by atoms with E-state index >= 15 is 0 Å². The number of aliphatic hydroxyl groups excluding tert-OH is 1. The van der Waals surface area contributed by atoms with Gasteiger partial charge in [-0.3, -0.25) is 9.69 Å². The Balaban J connectivity index is 0. The van der Waals surface area contributed by atoms with Gasteiger partial charge >= 0.3 is 29.6 Å². The van der Waals surface area contributed by atoms with Gasteiger partial charge in [-0.15, -0.1) is 0 Å². The average Bonchev–Trinajstić information content (AvgIpc) is 2.52. The third-order valence-electron chi connectivity index (χ3n) is 4.00.